The molecule has 0 aromatic carbocycles. The van der Waals surface area contributed by atoms with Crippen LogP contribution in [0.4, 0.5) is 0 Å². The van der Waals surface area contributed by atoms with E-state index in [0.717, 1.165) is 35.5 Å². The summed E-state index contributed by atoms with van der Waals surface area (Å²) in [6.07, 6.45) is 5.30. The van der Waals surface area contributed by atoms with Crippen molar-refractivity contribution in [2.24, 2.45) is 0 Å². The number of pyridine rings is 1. The molecule has 0 spiro atoms. The second kappa shape index (κ2) is 5.32. The van der Waals surface area contributed by atoms with Crippen molar-refractivity contribution in [2.45, 2.75) is 25.9 Å². The third-order valence-corrected chi connectivity index (χ3v) is 3.80. The fourth-order valence-electron chi connectivity index (χ4n) is 2.36. The maximum absolute atomic E-state index is 12.3. The Kier molecular flexibility index (Phi) is 3.52. The summed E-state index contributed by atoms with van der Waals surface area (Å²) in [6, 6.07) is 1.76. The zero-order chi connectivity index (χ0) is 14.1. The summed E-state index contributed by atoms with van der Waals surface area (Å²) in [5, 5.41) is 8.32. The number of carbonyl (C=O) groups excluding carboxylic acids is 1. The molecule has 2 aromatic heterocycles. The molecular formula is C13H14BrN5O. The Morgan fingerprint density at radius 1 is 1.45 bits per heavy atom. The van der Waals surface area contributed by atoms with Gasteiger partial charge in [0.15, 0.2) is 5.82 Å². The molecule has 0 aliphatic carbocycles. The molecule has 104 valence electrons. The molecule has 7 heteroatoms. The Balaban J connectivity index is 1.76. The van der Waals surface area contributed by atoms with E-state index in [1.54, 1.807) is 30.4 Å². The number of fused-ring (bicyclic) bond motifs is 1. The average Bonchev–Trinajstić information content (AvgIpc) is 3.03. The molecule has 1 amide bonds. The first-order valence-electron chi connectivity index (χ1n) is 6.42. The Morgan fingerprint density at radius 2 is 2.30 bits per heavy atom. The highest BCUT2D eigenvalue weighted by Gasteiger charge is 2.20. The standard InChI is InChI=1S/C13H14BrN5O/c1-18(13(20)9-5-10(14)7-15-6-9)8-12-17-16-11-3-2-4-19(11)12/h5-7H,2-4,8H2,1H3. The van der Waals surface area contributed by atoms with Crippen molar-refractivity contribution in [2.75, 3.05) is 7.05 Å². The van der Waals surface area contributed by atoms with Crippen LogP contribution in [0.15, 0.2) is 22.9 Å². The number of hydrogen-bond acceptors (Lipinski definition) is 4. The van der Waals surface area contributed by atoms with Crippen LogP contribution in [0.3, 0.4) is 0 Å². The van der Waals surface area contributed by atoms with E-state index in [9.17, 15) is 4.79 Å². The third kappa shape index (κ3) is 2.45. The summed E-state index contributed by atoms with van der Waals surface area (Å²) in [4.78, 5) is 18.0. The van der Waals surface area contributed by atoms with E-state index in [-0.39, 0.29) is 5.91 Å². The number of carbonyl (C=O) groups is 1. The molecule has 6 nitrogen and oxygen atoms in total. The fraction of sp³-hybridized carbons (Fsp3) is 0.385. The summed E-state index contributed by atoms with van der Waals surface area (Å²) < 4.78 is 2.89. The molecule has 2 aromatic rings. The van der Waals surface area contributed by atoms with Gasteiger partial charge in [-0.1, -0.05) is 0 Å². The van der Waals surface area contributed by atoms with Gasteiger partial charge in [-0.2, -0.15) is 0 Å². The van der Waals surface area contributed by atoms with E-state index in [4.69, 9.17) is 0 Å². The van der Waals surface area contributed by atoms with Crippen LogP contribution in [0.25, 0.3) is 0 Å². The predicted octanol–water partition coefficient (Wildman–Crippen LogP) is 1.65. The van der Waals surface area contributed by atoms with Crippen LogP contribution < -0.4 is 0 Å². The van der Waals surface area contributed by atoms with Crippen molar-refractivity contribution in [3.63, 3.8) is 0 Å². The highest BCUT2D eigenvalue weighted by atomic mass is 79.9. The highest BCUT2D eigenvalue weighted by molar-refractivity contribution is 9.10. The van der Waals surface area contributed by atoms with Gasteiger partial charge < -0.3 is 9.47 Å². The van der Waals surface area contributed by atoms with Gasteiger partial charge in [-0.25, -0.2) is 0 Å². The highest BCUT2D eigenvalue weighted by Crippen LogP contribution is 2.16. The van der Waals surface area contributed by atoms with Gasteiger partial charge in [-0.15, -0.1) is 10.2 Å². The van der Waals surface area contributed by atoms with Crippen molar-refractivity contribution in [3.8, 4) is 0 Å². The molecule has 1 aliphatic rings. The molecular weight excluding hydrogens is 322 g/mol. The van der Waals surface area contributed by atoms with Gasteiger partial charge in [-0.3, -0.25) is 9.78 Å². The SMILES string of the molecule is CN(Cc1nnc2n1CCC2)C(=O)c1cncc(Br)c1. The summed E-state index contributed by atoms with van der Waals surface area (Å²) in [5.74, 6) is 1.79. The Labute approximate surface area is 125 Å². The monoisotopic (exact) mass is 335 g/mol. The second-order valence-electron chi connectivity index (χ2n) is 4.84. The molecule has 0 radical (unpaired) electrons. The van der Waals surface area contributed by atoms with E-state index in [1.165, 1.54) is 0 Å². The van der Waals surface area contributed by atoms with Gasteiger partial charge in [0.2, 0.25) is 0 Å². The van der Waals surface area contributed by atoms with Gasteiger partial charge in [0.25, 0.3) is 5.91 Å². The van der Waals surface area contributed by atoms with Crippen molar-refractivity contribution in [3.05, 3.63) is 40.1 Å². The van der Waals surface area contributed by atoms with E-state index >= 15 is 0 Å². The summed E-state index contributed by atoms with van der Waals surface area (Å²) >= 11 is 3.32. The van der Waals surface area contributed by atoms with Crippen LogP contribution in [-0.2, 0) is 19.5 Å². The summed E-state index contributed by atoms with van der Waals surface area (Å²) in [6.45, 7) is 1.40. The topological polar surface area (TPSA) is 63.9 Å². The Hall–Kier alpha value is -1.76. The molecule has 3 rings (SSSR count). The molecule has 20 heavy (non-hydrogen) atoms. The quantitative estimate of drug-likeness (QED) is 0.855. The van der Waals surface area contributed by atoms with Crippen molar-refractivity contribution in [1.29, 1.82) is 0 Å². The third-order valence-electron chi connectivity index (χ3n) is 3.36. The van der Waals surface area contributed by atoms with Crippen LogP contribution in [0, 0.1) is 0 Å². The lowest BCUT2D eigenvalue weighted by Crippen LogP contribution is -2.27. The first-order chi connectivity index (χ1) is 9.65. The van der Waals surface area contributed by atoms with Crippen molar-refractivity contribution in [1.82, 2.24) is 24.6 Å². The van der Waals surface area contributed by atoms with E-state index in [0.29, 0.717) is 12.1 Å². The van der Waals surface area contributed by atoms with Crippen LogP contribution in [0.2, 0.25) is 0 Å². The fourth-order valence-corrected chi connectivity index (χ4v) is 2.73. The number of rotatable bonds is 3. The largest absolute Gasteiger partial charge is 0.334 e. The van der Waals surface area contributed by atoms with Gasteiger partial charge in [0.05, 0.1) is 12.1 Å². The van der Waals surface area contributed by atoms with Gasteiger partial charge in [0.1, 0.15) is 5.82 Å². The molecule has 0 saturated heterocycles. The maximum atomic E-state index is 12.3. The van der Waals surface area contributed by atoms with Crippen molar-refractivity contribution < 1.29 is 4.79 Å². The minimum Gasteiger partial charge on any atom is -0.334 e. The Bertz CT molecular complexity index is 654. The van der Waals surface area contributed by atoms with E-state index in [1.807, 2.05) is 0 Å². The second-order valence-corrected chi connectivity index (χ2v) is 5.76. The number of amides is 1. The molecule has 0 unspecified atom stereocenters. The normalized spacial score (nSPS) is 13.3. The van der Waals surface area contributed by atoms with E-state index < -0.39 is 0 Å². The number of hydrogen-bond donors (Lipinski definition) is 0. The maximum Gasteiger partial charge on any atom is 0.255 e. The number of aromatic nitrogens is 4. The molecule has 0 N–H and O–H groups in total. The van der Waals surface area contributed by atoms with E-state index in [2.05, 4.69) is 35.7 Å². The predicted molar refractivity (Wildman–Crippen MR) is 76.1 cm³/mol. The van der Waals surface area contributed by atoms with Gasteiger partial charge in [0, 0.05) is 36.9 Å². The lowest BCUT2D eigenvalue weighted by molar-refractivity contribution is 0.0779. The molecule has 1 aliphatic heterocycles. The number of halogens is 1. The first kappa shape index (κ1) is 13.2. The summed E-state index contributed by atoms with van der Waals surface area (Å²) in [7, 11) is 1.76. The lowest BCUT2D eigenvalue weighted by Gasteiger charge is -2.16. The summed E-state index contributed by atoms with van der Waals surface area (Å²) in [5.41, 5.74) is 0.558. The molecule has 0 atom stereocenters. The minimum atomic E-state index is -0.0749. The zero-order valence-electron chi connectivity index (χ0n) is 11.1. The molecule has 3 heterocycles. The Morgan fingerprint density at radius 3 is 3.10 bits per heavy atom. The van der Waals surface area contributed by atoms with Crippen LogP contribution >= 0.6 is 15.9 Å². The van der Waals surface area contributed by atoms with Crippen LogP contribution in [0.1, 0.15) is 28.4 Å². The smallest absolute Gasteiger partial charge is 0.255 e. The van der Waals surface area contributed by atoms with Crippen molar-refractivity contribution >= 4 is 21.8 Å². The first-order valence-corrected chi connectivity index (χ1v) is 7.21. The lowest BCUT2D eigenvalue weighted by atomic mass is 10.2. The number of aryl methyl sites for hydroxylation is 1. The van der Waals surface area contributed by atoms with Gasteiger partial charge in [-0.05, 0) is 28.4 Å². The average molecular weight is 336 g/mol. The molecule has 0 bridgehead atoms. The van der Waals surface area contributed by atoms with Gasteiger partial charge >= 0.3 is 0 Å². The zero-order valence-corrected chi connectivity index (χ0v) is 12.7. The minimum absolute atomic E-state index is 0.0749. The molecule has 0 saturated carbocycles. The number of nitrogens with zero attached hydrogens (tertiary/aromatic N) is 5. The molecule has 0 fully saturated rings. The van der Waals surface area contributed by atoms with Crippen LogP contribution in [-0.4, -0.2) is 37.6 Å². The van der Waals surface area contributed by atoms with Crippen LogP contribution in [0.5, 0.6) is 0 Å².